The first kappa shape index (κ1) is 19.1. The second kappa shape index (κ2) is 9.14. The van der Waals surface area contributed by atoms with Gasteiger partial charge in [-0.2, -0.15) is 0 Å². The highest BCUT2D eigenvalue weighted by atomic mass is 16.5. The van der Waals surface area contributed by atoms with Crippen molar-refractivity contribution >= 4 is 5.97 Å². The van der Waals surface area contributed by atoms with E-state index in [1.807, 2.05) is 6.92 Å². The van der Waals surface area contributed by atoms with Crippen molar-refractivity contribution in [1.29, 1.82) is 0 Å². The van der Waals surface area contributed by atoms with E-state index in [1.165, 1.54) is 0 Å². The second-order valence-electron chi connectivity index (χ2n) is 5.79. The number of aliphatic hydroxyl groups is 1. The smallest absolute Gasteiger partial charge is 0.333 e. The zero-order valence-corrected chi connectivity index (χ0v) is 13.8. The molecular weight excluding hydrogens is 254 g/mol. The van der Waals surface area contributed by atoms with Crippen LogP contribution in [0, 0.1) is 0 Å². The molecule has 0 bridgehead atoms. The molecule has 0 fully saturated rings. The van der Waals surface area contributed by atoms with Crippen LogP contribution in [0.25, 0.3) is 0 Å². The number of nitrogens with zero attached hydrogens (tertiary/aromatic N) is 1. The van der Waals surface area contributed by atoms with Gasteiger partial charge in [-0.1, -0.05) is 6.58 Å². The molecule has 0 aliphatic heterocycles. The summed E-state index contributed by atoms with van der Waals surface area (Å²) in [6, 6.07) is 0.447. The maximum Gasteiger partial charge on any atom is 0.333 e. The Balaban J connectivity index is 4.30. The number of likely N-dealkylation sites (N-methyl/N-ethyl adjacent to an activating group) is 1. The second-order valence-corrected chi connectivity index (χ2v) is 5.79. The lowest BCUT2D eigenvalue weighted by Gasteiger charge is -2.43. The van der Waals surface area contributed by atoms with E-state index in [0.29, 0.717) is 18.2 Å². The molecule has 0 aliphatic rings. The Morgan fingerprint density at radius 2 is 1.85 bits per heavy atom. The van der Waals surface area contributed by atoms with Crippen LogP contribution in [0.3, 0.4) is 0 Å². The van der Waals surface area contributed by atoms with Gasteiger partial charge in [-0.15, -0.1) is 0 Å². The van der Waals surface area contributed by atoms with Crippen LogP contribution >= 0.6 is 0 Å². The van der Waals surface area contributed by atoms with Gasteiger partial charge in [0.05, 0.1) is 25.7 Å². The lowest BCUT2D eigenvalue weighted by atomic mass is 10.1. The van der Waals surface area contributed by atoms with E-state index in [4.69, 9.17) is 4.74 Å². The third-order valence-corrected chi connectivity index (χ3v) is 4.17. The SMILES string of the molecule is C=C(C)C(=O)OCCCC(C)[N+](CC)(CC)CC(C)O. The van der Waals surface area contributed by atoms with Crippen molar-refractivity contribution in [3.8, 4) is 0 Å². The molecule has 0 saturated heterocycles. The van der Waals surface area contributed by atoms with Gasteiger partial charge in [-0.05, 0) is 41.0 Å². The normalized spacial score (nSPS) is 14.7. The van der Waals surface area contributed by atoms with Gasteiger partial charge in [-0.25, -0.2) is 4.79 Å². The van der Waals surface area contributed by atoms with Gasteiger partial charge in [0.1, 0.15) is 12.6 Å². The number of carbonyl (C=O) groups excluding carboxylic acids is 1. The predicted molar refractivity (Wildman–Crippen MR) is 82.4 cm³/mol. The standard InChI is InChI=1S/C16H32NO3/c1-7-17(8-2,12-15(6)18)14(5)10-9-11-20-16(19)13(3)4/h14-15,18H,3,7-12H2,1-2,4-6H3/q+1. The number of hydrogen-bond acceptors (Lipinski definition) is 3. The van der Waals surface area contributed by atoms with Crippen molar-refractivity contribution < 1.29 is 19.1 Å². The first-order chi connectivity index (χ1) is 9.29. The number of esters is 1. The molecule has 0 heterocycles. The highest BCUT2D eigenvalue weighted by Gasteiger charge is 2.31. The Morgan fingerprint density at radius 1 is 1.30 bits per heavy atom. The van der Waals surface area contributed by atoms with Crippen LogP contribution in [0.15, 0.2) is 12.2 Å². The zero-order valence-electron chi connectivity index (χ0n) is 13.8. The molecule has 118 valence electrons. The fraction of sp³-hybridized carbons (Fsp3) is 0.812. The summed E-state index contributed by atoms with van der Waals surface area (Å²) in [6.45, 7) is 16.9. The molecule has 0 aromatic carbocycles. The van der Waals surface area contributed by atoms with Gasteiger partial charge < -0.3 is 14.3 Å². The summed E-state index contributed by atoms with van der Waals surface area (Å²) in [4.78, 5) is 11.3. The van der Waals surface area contributed by atoms with Crippen LogP contribution in [0.4, 0.5) is 0 Å². The number of ether oxygens (including phenoxy) is 1. The molecule has 0 aromatic heterocycles. The first-order valence-corrected chi connectivity index (χ1v) is 7.65. The zero-order chi connectivity index (χ0) is 15.8. The van der Waals surface area contributed by atoms with Crippen molar-refractivity contribution in [3.63, 3.8) is 0 Å². The van der Waals surface area contributed by atoms with Gasteiger partial charge in [0.25, 0.3) is 0 Å². The molecule has 0 rings (SSSR count). The molecule has 1 N–H and O–H groups in total. The molecule has 0 aliphatic carbocycles. The van der Waals surface area contributed by atoms with Crippen LogP contribution in [-0.2, 0) is 9.53 Å². The molecule has 0 spiro atoms. The molecule has 0 saturated carbocycles. The molecular formula is C16H32NO3+. The van der Waals surface area contributed by atoms with Crippen LogP contribution in [0.1, 0.15) is 47.5 Å². The number of carbonyl (C=O) groups is 1. The van der Waals surface area contributed by atoms with Gasteiger partial charge in [0.15, 0.2) is 0 Å². The minimum atomic E-state index is -0.312. The van der Waals surface area contributed by atoms with E-state index < -0.39 is 0 Å². The molecule has 20 heavy (non-hydrogen) atoms. The quantitative estimate of drug-likeness (QED) is 0.290. The van der Waals surface area contributed by atoms with Crippen molar-refractivity contribution in [1.82, 2.24) is 0 Å². The molecule has 4 nitrogen and oxygen atoms in total. The summed E-state index contributed by atoms with van der Waals surface area (Å²) < 4.78 is 6.03. The van der Waals surface area contributed by atoms with E-state index in [9.17, 15) is 9.90 Å². The molecule has 0 radical (unpaired) electrons. The lowest BCUT2D eigenvalue weighted by Crippen LogP contribution is -2.57. The molecule has 4 heteroatoms. The maximum atomic E-state index is 11.3. The average Bonchev–Trinajstić information content (AvgIpc) is 2.39. The number of hydrogen-bond donors (Lipinski definition) is 1. The summed E-state index contributed by atoms with van der Waals surface area (Å²) in [5.74, 6) is -0.312. The maximum absolute atomic E-state index is 11.3. The molecule has 2 unspecified atom stereocenters. The molecule has 2 atom stereocenters. The van der Waals surface area contributed by atoms with Gasteiger partial charge >= 0.3 is 5.97 Å². The van der Waals surface area contributed by atoms with Crippen LogP contribution in [0.5, 0.6) is 0 Å². The van der Waals surface area contributed by atoms with Crippen molar-refractivity contribution in [2.75, 3.05) is 26.2 Å². The number of rotatable bonds is 10. The van der Waals surface area contributed by atoms with Crippen LogP contribution in [0.2, 0.25) is 0 Å². The Kier molecular flexibility index (Phi) is 8.74. The Bertz CT molecular complexity index is 309. The number of quaternary nitrogens is 1. The summed E-state index contributed by atoms with van der Waals surface area (Å²) in [6.07, 6.45) is 1.54. The van der Waals surface area contributed by atoms with E-state index >= 15 is 0 Å². The third kappa shape index (κ3) is 6.06. The third-order valence-electron chi connectivity index (χ3n) is 4.17. The van der Waals surface area contributed by atoms with Crippen molar-refractivity contribution in [2.45, 2.75) is 59.6 Å². The minimum Gasteiger partial charge on any atom is -0.462 e. The van der Waals surface area contributed by atoms with Gasteiger partial charge in [0, 0.05) is 12.0 Å². The summed E-state index contributed by atoms with van der Waals surface area (Å²) in [7, 11) is 0. The van der Waals surface area contributed by atoms with Crippen molar-refractivity contribution in [2.24, 2.45) is 0 Å². The summed E-state index contributed by atoms with van der Waals surface area (Å²) in [5, 5.41) is 9.71. The summed E-state index contributed by atoms with van der Waals surface area (Å²) >= 11 is 0. The Hall–Kier alpha value is -0.870. The highest BCUT2D eigenvalue weighted by molar-refractivity contribution is 5.86. The van der Waals surface area contributed by atoms with Crippen LogP contribution < -0.4 is 0 Å². The highest BCUT2D eigenvalue weighted by Crippen LogP contribution is 2.19. The summed E-state index contributed by atoms with van der Waals surface area (Å²) in [5.41, 5.74) is 0.444. The van der Waals surface area contributed by atoms with E-state index in [1.54, 1.807) is 6.92 Å². The Labute approximate surface area is 124 Å². The Morgan fingerprint density at radius 3 is 2.25 bits per heavy atom. The van der Waals surface area contributed by atoms with Crippen molar-refractivity contribution in [3.05, 3.63) is 12.2 Å². The topological polar surface area (TPSA) is 46.5 Å². The fourth-order valence-corrected chi connectivity index (χ4v) is 2.75. The van der Waals surface area contributed by atoms with Gasteiger partial charge in [0.2, 0.25) is 0 Å². The number of aliphatic hydroxyl groups excluding tert-OH is 1. The lowest BCUT2D eigenvalue weighted by molar-refractivity contribution is -0.949. The minimum absolute atomic E-state index is 0.293. The predicted octanol–water partition coefficient (Wildman–Crippen LogP) is 2.51. The van der Waals surface area contributed by atoms with Crippen LogP contribution in [-0.4, -0.2) is 53.9 Å². The van der Waals surface area contributed by atoms with Gasteiger partial charge in [-0.3, -0.25) is 0 Å². The fourth-order valence-electron chi connectivity index (χ4n) is 2.75. The monoisotopic (exact) mass is 286 g/mol. The van der Waals surface area contributed by atoms with E-state index in [0.717, 1.165) is 37.0 Å². The molecule has 0 aromatic rings. The van der Waals surface area contributed by atoms with E-state index in [2.05, 4.69) is 27.4 Å². The average molecular weight is 286 g/mol. The molecule has 0 amide bonds. The largest absolute Gasteiger partial charge is 0.462 e. The first-order valence-electron chi connectivity index (χ1n) is 7.65. The van der Waals surface area contributed by atoms with E-state index in [-0.39, 0.29) is 12.1 Å².